The van der Waals surface area contributed by atoms with Crippen molar-refractivity contribution in [1.82, 2.24) is 0 Å². The molecule has 62 valence electrons. The fraction of sp³-hybridized carbons (Fsp3) is 0.500. The van der Waals surface area contributed by atoms with Crippen molar-refractivity contribution >= 4 is 0 Å². The lowest BCUT2D eigenvalue weighted by Crippen LogP contribution is -2.43. The molecule has 0 fully saturated rings. The molecule has 0 saturated heterocycles. The third-order valence-electron chi connectivity index (χ3n) is 2.12. The first kappa shape index (κ1) is 8.30. The highest BCUT2D eigenvalue weighted by molar-refractivity contribution is 5.31. The summed E-state index contributed by atoms with van der Waals surface area (Å²) in [5.74, 6) is -0.194. The Labute approximate surface area is 65.3 Å². The number of aliphatic hydroxyl groups is 3. The van der Waals surface area contributed by atoms with Crippen LogP contribution < -0.4 is 0 Å². The lowest BCUT2D eigenvalue weighted by molar-refractivity contribution is -0.0350. The van der Waals surface area contributed by atoms with E-state index >= 15 is 0 Å². The minimum Gasteiger partial charge on any atom is -0.509 e. The summed E-state index contributed by atoms with van der Waals surface area (Å²) in [6, 6.07) is 0. The Morgan fingerprint density at radius 1 is 1.45 bits per heavy atom. The van der Waals surface area contributed by atoms with Gasteiger partial charge in [-0.05, 0) is 25.5 Å². The third kappa shape index (κ3) is 1.17. The molecule has 0 bridgehead atoms. The van der Waals surface area contributed by atoms with Gasteiger partial charge in [0.1, 0.15) is 17.5 Å². The summed E-state index contributed by atoms with van der Waals surface area (Å²) in [5, 5.41) is 27.9. The quantitative estimate of drug-likeness (QED) is 0.478. The van der Waals surface area contributed by atoms with E-state index < -0.39 is 11.7 Å². The molecular weight excluding hydrogens is 144 g/mol. The Morgan fingerprint density at radius 3 is 2.45 bits per heavy atom. The first-order chi connectivity index (χ1) is 4.96. The van der Waals surface area contributed by atoms with E-state index in [2.05, 4.69) is 0 Å². The van der Waals surface area contributed by atoms with Crippen LogP contribution in [0.5, 0.6) is 0 Å². The fourth-order valence-electron chi connectivity index (χ4n) is 0.974. The number of rotatable bonds is 0. The zero-order valence-electron chi connectivity index (χ0n) is 6.57. The van der Waals surface area contributed by atoms with E-state index in [1.54, 1.807) is 13.0 Å². The molecule has 1 rings (SSSR count). The molecule has 2 unspecified atom stereocenters. The van der Waals surface area contributed by atoms with Gasteiger partial charge in [0.25, 0.3) is 0 Å². The molecule has 3 N–H and O–H groups in total. The molecular formula is C8H12O3. The topological polar surface area (TPSA) is 60.7 Å². The highest BCUT2D eigenvalue weighted by Crippen LogP contribution is 2.27. The normalized spacial score (nSPS) is 38.0. The first-order valence-corrected chi connectivity index (χ1v) is 3.44. The smallest absolute Gasteiger partial charge is 0.143 e. The largest absolute Gasteiger partial charge is 0.509 e. The summed E-state index contributed by atoms with van der Waals surface area (Å²) >= 11 is 0. The van der Waals surface area contributed by atoms with Gasteiger partial charge in [0, 0.05) is 0 Å². The Morgan fingerprint density at radius 2 is 2.00 bits per heavy atom. The molecule has 0 aliphatic heterocycles. The SMILES string of the molecule is CC1=CC=C(O)C(O)C1(C)O. The van der Waals surface area contributed by atoms with Crippen molar-refractivity contribution in [3.8, 4) is 0 Å². The lowest BCUT2D eigenvalue weighted by Gasteiger charge is -2.31. The van der Waals surface area contributed by atoms with Crippen molar-refractivity contribution < 1.29 is 15.3 Å². The molecule has 0 amide bonds. The first-order valence-electron chi connectivity index (χ1n) is 3.44. The van der Waals surface area contributed by atoms with Crippen molar-refractivity contribution in [2.24, 2.45) is 0 Å². The molecule has 0 radical (unpaired) electrons. The van der Waals surface area contributed by atoms with Gasteiger partial charge in [-0.3, -0.25) is 0 Å². The molecule has 0 aromatic carbocycles. The third-order valence-corrected chi connectivity index (χ3v) is 2.12. The summed E-state index contributed by atoms with van der Waals surface area (Å²) in [4.78, 5) is 0. The van der Waals surface area contributed by atoms with Crippen LogP contribution in [0.15, 0.2) is 23.5 Å². The summed E-state index contributed by atoms with van der Waals surface area (Å²) in [7, 11) is 0. The van der Waals surface area contributed by atoms with E-state index in [9.17, 15) is 10.2 Å². The van der Waals surface area contributed by atoms with E-state index in [1.165, 1.54) is 13.0 Å². The van der Waals surface area contributed by atoms with Gasteiger partial charge in [-0.15, -0.1) is 0 Å². The molecule has 1 aliphatic rings. The second kappa shape index (κ2) is 2.36. The molecule has 3 nitrogen and oxygen atoms in total. The predicted molar refractivity (Wildman–Crippen MR) is 41.1 cm³/mol. The van der Waals surface area contributed by atoms with E-state index in [-0.39, 0.29) is 5.76 Å². The van der Waals surface area contributed by atoms with Gasteiger partial charge in [-0.1, -0.05) is 6.08 Å². The summed E-state index contributed by atoms with van der Waals surface area (Å²) in [6.07, 6.45) is 1.77. The zero-order chi connectivity index (χ0) is 8.65. The Balaban J connectivity index is 3.03. The maximum absolute atomic E-state index is 9.56. The molecule has 11 heavy (non-hydrogen) atoms. The van der Waals surface area contributed by atoms with Crippen LogP contribution in [0.3, 0.4) is 0 Å². The Bertz CT molecular complexity index is 225. The minimum absolute atomic E-state index is 0.194. The average Bonchev–Trinajstić information content (AvgIpc) is 1.95. The van der Waals surface area contributed by atoms with Gasteiger partial charge in [0.2, 0.25) is 0 Å². The van der Waals surface area contributed by atoms with Crippen LogP contribution in [0.1, 0.15) is 13.8 Å². The van der Waals surface area contributed by atoms with Crippen molar-refractivity contribution in [2.45, 2.75) is 25.6 Å². The molecule has 0 saturated carbocycles. The van der Waals surface area contributed by atoms with Crippen LogP contribution in [0, 0.1) is 0 Å². The van der Waals surface area contributed by atoms with Gasteiger partial charge >= 0.3 is 0 Å². The van der Waals surface area contributed by atoms with Crippen LogP contribution in [0.25, 0.3) is 0 Å². The van der Waals surface area contributed by atoms with Crippen molar-refractivity contribution in [3.63, 3.8) is 0 Å². The number of aliphatic hydroxyl groups excluding tert-OH is 2. The van der Waals surface area contributed by atoms with Gasteiger partial charge in [-0.25, -0.2) is 0 Å². The standard InChI is InChI=1S/C8H12O3/c1-5-3-4-6(9)7(10)8(5,2)11/h3-4,7,9-11H,1-2H3. The van der Waals surface area contributed by atoms with E-state index in [1.807, 2.05) is 0 Å². The zero-order valence-corrected chi connectivity index (χ0v) is 6.57. The van der Waals surface area contributed by atoms with Crippen molar-refractivity contribution in [2.75, 3.05) is 0 Å². The van der Waals surface area contributed by atoms with E-state index in [4.69, 9.17) is 5.11 Å². The predicted octanol–water partition coefficient (Wildman–Crippen LogP) is 0.500. The van der Waals surface area contributed by atoms with E-state index in [0.29, 0.717) is 5.57 Å². The van der Waals surface area contributed by atoms with Gasteiger partial charge in [0.05, 0.1) is 0 Å². The molecule has 3 heteroatoms. The second-order valence-electron chi connectivity index (χ2n) is 2.99. The van der Waals surface area contributed by atoms with Crippen LogP contribution in [0.2, 0.25) is 0 Å². The van der Waals surface area contributed by atoms with Crippen LogP contribution in [0.4, 0.5) is 0 Å². The molecule has 0 spiro atoms. The Kier molecular flexibility index (Phi) is 1.78. The minimum atomic E-state index is -1.33. The van der Waals surface area contributed by atoms with Crippen LogP contribution in [-0.2, 0) is 0 Å². The van der Waals surface area contributed by atoms with Crippen molar-refractivity contribution in [1.29, 1.82) is 0 Å². The van der Waals surface area contributed by atoms with Gasteiger partial charge in [0.15, 0.2) is 0 Å². The summed E-state index contributed by atoms with van der Waals surface area (Å²) in [5.41, 5.74) is -0.693. The van der Waals surface area contributed by atoms with Crippen LogP contribution in [-0.4, -0.2) is 27.0 Å². The highest BCUT2D eigenvalue weighted by atomic mass is 16.4. The fourth-order valence-corrected chi connectivity index (χ4v) is 0.974. The van der Waals surface area contributed by atoms with Gasteiger partial charge in [-0.2, -0.15) is 0 Å². The van der Waals surface area contributed by atoms with Gasteiger partial charge < -0.3 is 15.3 Å². The maximum atomic E-state index is 9.56. The summed E-state index contributed by atoms with van der Waals surface area (Å²) in [6.45, 7) is 3.17. The lowest BCUT2D eigenvalue weighted by atomic mass is 9.86. The molecule has 2 atom stereocenters. The molecule has 0 aromatic rings. The van der Waals surface area contributed by atoms with Crippen molar-refractivity contribution in [3.05, 3.63) is 23.5 Å². The van der Waals surface area contributed by atoms with Crippen LogP contribution >= 0.6 is 0 Å². The van der Waals surface area contributed by atoms with E-state index in [0.717, 1.165) is 0 Å². The Hall–Kier alpha value is -0.800. The highest BCUT2D eigenvalue weighted by Gasteiger charge is 2.36. The number of hydrogen-bond acceptors (Lipinski definition) is 3. The monoisotopic (exact) mass is 156 g/mol. The molecule has 0 heterocycles. The molecule has 1 aliphatic carbocycles. The molecule has 0 aromatic heterocycles. The summed E-state index contributed by atoms with van der Waals surface area (Å²) < 4.78 is 0. The maximum Gasteiger partial charge on any atom is 0.143 e. The number of hydrogen-bond donors (Lipinski definition) is 3. The number of allylic oxidation sites excluding steroid dienone is 2. The second-order valence-corrected chi connectivity index (χ2v) is 2.99. The average molecular weight is 156 g/mol.